The second kappa shape index (κ2) is 9.67. The summed E-state index contributed by atoms with van der Waals surface area (Å²) < 4.78 is 11.0. The van der Waals surface area contributed by atoms with Gasteiger partial charge in [-0.2, -0.15) is 0 Å². The van der Waals surface area contributed by atoms with Crippen LogP contribution in [0, 0.1) is 0 Å². The SMILES string of the molecule is O=C(NC[C@@H](c1ccccc1)N1CCOCC1)c1cc(-c2ccc3c(c2)CCCC3)on1. The molecule has 0 bridgehead atoms. The van der Waals surface area contributed by atoms with Gasteiger partial charge in [-0.25, -0.2) is 0 Å². The van der Waals surface area contributed by atoms with Gasteiger partial charge in [0.1, 0.15) is 0 Å². The summed E-state index contributed by atoms with van der Waals surface area (Å²) in [4.78, 5) is 15.2. The van der Waals surface area contributed by atoms with Gasteiger partial charge in [-0.15, -0.1) is 0 Å². The maximum absolute atomic E-state index is 12.9. The van der Waals surface area contributed by atoms with E-state index in [1.165, 1.54) is 29.5 Å². The van der Waals surface area contributed by atoms with E-state index in [2.05, 4.69) is 45.7 Å². The zero-order valence-electron chi connectivity index (χ0n) is 18.3. The highest BCUT2D eigenvalue weighted by Gasteiger charge is 2.24. The van der Waals surface area contributed by atoms with Crippen LogP contribution in [0.25, 0.3) is 11.3 Å². The quantitative estimate of drug-likeness (QED) is 0.638. The van der Waals surface area contributed by atoms with Gasteiger partial charge in [-0.05, 0) is 48.4 Å². The van der Waals surface area contributed by atoms with Crippen molar-refractivity contribution in [3.8, 4) is 11.3 Å². The first-order valence-electron chi connectivity index (χ1n) is 11.5. The van der Waals surface area contributed by atoms with Crippen molar-refractivity contribution in [2.75, 3.05) is 32.8 Å². The Morgan fingerprint density at radius 3 is 2.59 bits per heavy atom. The zero-order valence-corrected chi connectivity index (χ0v) is 18.3. The average molecular weight is 432 g/mol. The van der Waals surface area contributed by atoms with Crippen LogP contribution in [0.4, 0.5) is 0 Å². The number of hydrogen-bond acceptors (Lipinski definition) is 5. The largest absolute Gasteiger partial charge is 0.379 e. The first-order valence-corrected chi connectivity index (χ1v) is 11.5. The zero-order chi connectivity index (χ0) is 21.8. The first kappa shape index (κ1) is 20.9. The topological polar surface area (TPSA) is 67.6 Å². The average Bonchev–Trinajstić information content (AvgIpc) is 3.36. The molecule has 3 aromatic rings. The number of fused-ring (bicyclic) bond motifs is 1. The third-order valence-electron chi connectivity index (χ3n) is 6.50. The summed E-state index contributed by atoms with van der Waals surface area (Å²) in [5, 5.41) is 7.11. The first-order chi connectivity index (χ1) is 15.8. The molecule has 1 aliphatic carbocycles. The smallest absolute Gasteiger partial charge is 0.273 e. The summed E-state index contributed by atoms with van der Waals surface area (Å²) in [6.07, 6.45) is 4.73. The molecular weight excluding hydrogens is 402 g/mol. The Morgan fingerprint density at radius 1 is 1.00 bits per heavy atom. The Hall–Kier alpha value is -2.96. The highest BCUT2D eigenvalue weighted by Crippen LogP contribution is 2.28. The molecule has 2 aromatic carbocycles. The van der Waals surface area contributed by atoms with E-state index in [1.54, 1.807) is 6.07 Å². The van der Waals surface area contributed by atoms with Gasteiger partial charge in [0, 0.05) is 31.3 Å². The Bertz CT molecular complexity index is 1060. The lowest BCUT2D eigenvalue weighted by atomic mass is 9.90. The molecule has 166 valence electrons. The number of hydrogen-bond donors (Lipinski definition) is 1. The van der Waals surface area contributed by atoms with Gasteiger partial charge < -0.3 is 14.6 Å². The van der Waals surface area contributed by atoms with Crippen molar-refractivity contribution in [3.63, 3.8) is 0 Å². The van der Waals surface area contributed by atoms with E-state index in [0.717, 1.165) is 31.5 Å². The molecule has 1 N–H and O–H groups in total. The molecule has 1 aliphatic heterocycles. The van der Waals surface area contributed by atoms with Gasteiger partial charge in [0.15, 0.2) is 11.5 Å². The number of nitrogens with zero attached hydrogens (tertiary/aromatic N) is 2. The second-order valence-corrected chi connectivity index (χ2v) is 8.55. The molecular formula is C26H29N3O3. The summed E-state index contributed by atoms with van der Waals surface area (Å²) in [5.41, 5.74) is 5.28. The standard InChI is InChI=1S/C26H29N3O3/c30-26(27-18-24(20-7-2-1-3-8-20)29-12-14-31-15-13-29)23-17-25(32-28-23)22-11-10-19-6-4-5-9-21(19)16-22/h1-3,7-8,10-11,16-17,24H,4-6,9,12-15,18H2,(H,27,30)/t24-/m0/s1. The number of rotatable bonds is 6. The number of carbonyl (C=O) groups is 1. The van der Waals surface area contributed by atoms with Crippen LogP contribution in [-0.2, 0) is 17.6 Å². The number of amides is 1. The van der Waals surface area contributed by atoms with E-state index < -0.39 is 0 Å². The third kappa shape index (κ3) is 4.61. The molecule has 0 unspecified atom stereocenters. The number of ether oxygens (including phenoxy) is 1. The van der Waals surface area contributed by atoms with Crippen LogP contribution in [0.15, 0.2) is 59.1 Å². The Morgan fingerprint density at radius 2 is 1.78 bits per heavy atom. The molecule has 0 spiro atoms. The molecule has 5 rings (SSSR count). The molecule has 2 heterocycles. The van der Waals surface area contributed by atoms with Crippen LogP contribution in [0.5, 0.6) is 0 Å². The van der Waals surface area contributed by atoms with Gasteiger partial charge in [0.25, 0.3) is 5.91 Å². The van der Waals surface area contributed by atoms with Gasteiger partial charge in [0.05, 0.1) is 19.3 Å². The van der Waals surface area contributed by atoms with E-state index in [0.29, 0.717) is 31.2 Å². The van der Waals surface area contributed by atoms with E-state index in [9.17, 15) is 4.79 Å². The summed E-state index contributed by atoms with van der Waals surface area (Å²) in [6.45, 7) is 3.63. The normalized spacial score (nSPS) is 17.5. The highest BCUT2D eigenvalue weighted by molar-refractivity contribution is 5.93. The van der Waals surface area contributed by atoms with Gasteiger partial charge in [-0.3, -0.25) is 9.69 Å². The minimum atomic E-state index is -0.216. The minimum absolute atomic E-state index is 0.0936. The number of aromatic nitrogens is 1. The summed E-state index contributed by atoms with van der Waals surface area (Å²) >= 11 is 0. The van der Waals surface area contributed by atoms with E-state index in [-0.39, 0.29) is 11.9 Å². The van der Waals surface area contributed by atoms with Gasteiger partial charge in [-0.1, -0.05) is 47.6 Å². The molecule has 6 nitrogen and oxygen atoms in total. The van der Waals surface area contributed by atoms with Crippen LogP contribution in [0.1, 0.15) is 46.1 Å². The molecule has 1 amide bonds. The maximum Gasteiger partial charge on any atom is 0.273 e. The maximum atomic E-state index is 12.9. The van der Waals surface area contributed by atoms with E-state index >= 15 is 0 Å². The number of benzene rings is 2. The predicted octanol–water partition coefficient (Wildman–Crippen LogP) is 4.02. The molecule has 1 saturated heterocycles. The fourth-order valence-electron chi connectivity index (χ4n) is 4.71. The van der Waals surface area contributed by atoms with Crippen molar-refractivity contribution in [1.29, 1.82) is 0 Å². The van der Waals surface area contributed by atoms with Crippen molar-refractivity contribution in [2.24, 2.45) is 0 Å². The minimum Gasteiger partial charge on any atom is -0.379 e. The van der Waals surface area contributed by atoms with E-state index in [4.69, 9.17) is 9.26 Å². The monoisotopic (exact) mass is 431 g/mol. The summed E-state index contributed by atoms with van der Waals surface area (Å²) in [5.74, 6) is 0.420. The molecule has 1 aromatic heterocycles. The van der Waals surface area contributed by atoms with Crippen molar-refractivity contribution in [3.05, 3.63) is 77.0 Å². The molecule has 1 fully saturated rings. The Labute approximate surface area is 188 Å². The second-order valence-electron chi connectivity index (χ2n) is 8.55. The molecule has 0 saturated carbocycles. The fourth-order valence-corrected chi connectivity index (χ4v) is 4.71. The van der Waals surface area contributed by atoms with Crippen molar-refractivity contribution < 1.29 is 14.1 Å². The molecule has 0 radical (unpaired) electrons. The van der Waals surface area contributed by atoms with Crippen molar-refractivity contribution >= 4 is 5.91 Å². The summed E-state index contributed by atoms with van der Waals surface area (Å²) in [7, 11) is 0. The molecule has 1 atom stereocenters. The van der Waals surface area contributed by atoms with Crippen molar-refractivity contribution in [1.82, 2.24) is 15.4 Å². The molecule has 32 heavy (non-hydrogen) atoms. The number of nitrogens with one attached hydrogen (secondary N) is 1. The Kier molecular flexibility index (Phi) is 6.32. The lowest BCUT2D eigenvalue weighted by Gasteiger charge is -2.34. The van der Waals surface area contributed by atoms with Crippen LogP contribution in [0.2, 0.25) is 0 Å². The number of aryl methyl sites for hydroxylation is 2. The lowest BCUT2D eigenvalue weighted by Crippen LogP contribution is -2.43. The fraction of sp³-hybridized carbons (Fsp3) is 0.385. The van der Waals surface area contributed by atoms with Crippen LogP contribution < -0.4 is 5.32 Å². The van der Waals surface area contributed by atoms with Gasteiger partial charge >= 0.3 is 0 Å². The predicted molar refractivity (Wildman–Crippen MR) is 122 cm³/mol. The highest BCUT2D eigenvalue weighted by atomic mass is 16.5. The van der Waals surface area contributed by atoms with Crippen LogP contribution >= 0.6 is 0 Å². The third-order valence-corrected chi connectivity index (χ3v) is 6.50. The van der Waals surface area contributed by atoms with Crippen LogP contribution in [0.3, 0.4) is 0 Å². The summed E-state index contributed by atoms with van der Waals surface area (Å²) in [6, 6.07) is 18.6. The van der Waals surface area contributed by atoms with Crippen LogP contribution in [-0.4, -0.2) is 48.8 Å². The molecule has 2 aliphatic rings. The number of morpholine rings is 1. The number of carbonyl (C=O) groups excluding carboxylic acids is 1. The van der Waals surface area contributed by atoms with Gasteiger partial charge in [0.2, 0.25) is 0 Å². The lowest BCUT2D eigenvalue weighted by molar-refractivity contribution is 0.0162. The van der Waals surface area contributed by atoms with Crippen molar-refractivity contribution in [2.45, 2.75) is 31.7 Å². The van der Waals surface area contributed by atoms with E-state index in [1.807, 2.05) is 18.2 Å². The Balaban J connectivity index is 1.28. The molecule has 6 heteroatoms.